The fourth-order valence-corrected chi connectivity index (χ4v) is 7.56. The summed E-state index contributed by atoms with van der Waals surface area (Å²) in [5.41, 5.74) is 14.4. The van der Waals surface area contributed by atoms with Crippen LogP contribution >= 0.6 is 0 Å². The van der Waals surface area contributed by atoms with Gasteiger partial charge in [-0.2, -0.15) is 0 Å². The number of rotatable bonds is 14. The molecular weight excluding hydrogens is 759 g/mol. The average molecular weight is 817 g/mol. The van der Waals surface area contributed by atoms with Gasteiger partial charge in [0.2, 0.25) is 0 Å². The van der Waals surface area contributed by atoms with Gasteiger partial charge in [-0.15, -0.1) is 0 Å². The minimum atomic E-state index is -1.96. The van der Waals surface area contributed by atoms with E-state index in [4.69, 9.17) is 14.3 Å². The van der Waals surface area contributed by atoms with Gasteiger partial charge in [0.05, 0.1) is 24.6 Å². The van der Waals surface area contributed by atoms with Crippen molar-refractivity contribution < 1.29 is 26.9 Å². The van der Waals surface area contributed by atoms with E-state index in [2.05, 4.69) is 128 Å². The molecule has 0 spiro atoms. The lowest BCUT2D eigenvalue weighted by molar-refractivity contribution is 0.0997. The third-order valence-corrected chi connectivity index (χ3v) is 11.0. The number of aromatic nitrogens is 1. The first-order valence-corrected chi connectivity index (χ1v) is 20.7. The summed E-state index contributed by atoms with van der Waals surface area (Å²) in [6.07, 6.45) is 0.137. The van der Waals surface area contributed by atoms with Crippen molar-refractivity contribution in [1.82, 2.24) is 4.48 Å². The van der Waals surface area contributed by atoms with E-state index in [9.17, 15) is 17.6 Å². The van der Waals surface area contributed by atoms with Crippen LogP contribution in [0.3, 0.4) is 0 Å². The van der Waals surface area contributed by atoms with E-state index in [1.54, 1.807) is 4.48 Å². The van der Waals surface area contributed by atoms with Crippen LogP contribution in [-0.2, 0) is 20.1 Å². The van der Waals surface area contributed by atoms with Gasteiger partial charge in [-0.05, 0) is 95.7 Å². The molecule has 0 amide bonds. The van der Waals surface area contributed by atoms with E-state index < -0.39 is 46.2 Å². The van der Waals surface area contributed by atoms with E-state index in [1.165, 1.54) is 5.56 Å². The molecule has 314 valence electrons. The van der Waals surface area contributed by atoms with Gasteiger partial charge in [-0.25, -0.2) is 22.6 Å². The molecule has 0 radical (unpaired) electrons. The number of aryl methyl sites for hydroxylation is 4. The van der Waals surface area contributed by atoms with Crippen LogP contribution in [0.5, 0.6) is 0 Å². The second kappa shape index (κ2) is 18.3. The van der Waals surface area contributed by atoms with Crippen LogP contribution in [0.2, 0.25) is 0 Å². The second-order valence-corrected chi connectivity index (χ2v) is 18.1. The maximum absolute atomic E-state index is 14.7. The van der Waals surface area contributed by atoms with Crippen molar-refractivity contribution in [2.45, 2.75) is 92.4 Å². The third-order valence-electron chi connectivity index (χ3n) is 11.0. The van der Waals surface area contributed by atoms with Crippen LogP contribution in [0.1, 0.15) is 91.7 Å². The predicted molar refractivity (Wildman–Crippen MR) is 242 cm³/mol. The number of hydrogen-bond acceptors (Lipinski definition) is 3. The van der Waals surface area contributed by atoms with Crippen LogP contribution in [0.25, 0.3) is 34.0 Å². The fraction of sp³-hybridized carbons (Fsp3) is 0.353. The van der Waals surface area contributed by atoms with Crippen molar-refractivity contribution in [3.8, 4) is 22.4 Å². The maximum atomic E-state index is 14.7. The normalized spacial score (nSPS) is 15.0. The van der Waals surface area contributed by atoms with Crippen molar-refractivity contribution in [2.24, 2.45) is 4.99 Å². The molecule has 9 heteroatoms. The summed E-state index contributed by atoms with van der Waals surface area (Å²) in [4.78, 5) is 5.31. The Kier molecular flexibility index (Phi) is 13.6. The summed E-state index contributed by atoms with van der Waals surface area (Å²) < 4.78 is 70.5. The van der Waals surface area contributed by atoms with Gasteiger partial charge in [0, 0.05) is 28.1 Å². The summed E-state index contributed by atoms with van der Waals surface area (Å²) in [7, 11) is -1.48. The first-order chi connectivity index (χ1) is 28.4. The van der Waals surface area contributed by atoms with E-state index >= 15 is 0 Å². The lowest BCUT2D eigenvalue weighted by Crippen LogP contribution is -2.38. The van der Waals surface area contributed by atoms with Crippen LogP contribution < -0.4 is 0 Å². The second-order valence-electron chi connectivity index (χ2n) is 18.1. The molecule has 5 aromatic rings. The fourth-order valence-electron chi connectivity index (χ4n) is 7.56. The third kappa shape index (κ3) is 10.1. The largest absolute Gasteiger partial charge is 0.598 e. The first-order valence-electron chi connectivity index (χ1n) is 20.7. The van der Waals surface area contributed by atoms with Gasteiger partial charge in [0.25, 0.3) is 0 Å². The van der Waals surface area contributed by atoms with Crippen LogP contribution in [0, 0.1) is 27.7 Å². The predicted octanol–water partition coefficient (Wildman–Crippen LogP) is 13.1. The zero-order chi connectivity index (χ0) is 43.5. The molecule has 60 heavy (non-hydrogen) atoms. The van der Waals surface area contributed by atoms with Crippen molar-refractivity contribution in [3.05, 3.63) is 153 Å². The monoisotopic (exact) mass is 816 g/mol. The van der Waals surface area contributed by atoms with E-state index in [0.29, 0.717) is 17.1 Å². The summed E-state index contributed by atoms with van der Waals surface area (Å²) >= 11 is 0. The number of alkyl halides is 4. The smallest absolute Gasteiger partial charge is 0.388 e. The highest BCUT2D eigenvalue weighted by molar-refractivity contribution is 6.44. The Hall–Kier alpha value is -4.99. The molecule has 1 aliphatic heterocycles. The van der Waals surface area contributed by atoms with Crippen LogP contribution in [0.15, 0.2) is 108 Å². The van der Waals surface area contributed by atoms with Gasteiger partial charge in [-0.1, -0.05) is 138 Å². The molecule has 1 aromatic heterocycles. The number of benzene rings is 4. The zero-order valence-corrected chi connectivity index (χ0v) is 36.6. The summed E-state index contributed by atoms with van der Waals surface area (Å²) in [5, 5.41) is 0. The molecule has 4 nitrogen and oxygen atoms in total. The Balaban J connectivity index is 1.68. The van der Waals surface area contributed by atoms with Crippen molar-refractivity contribution in [3.63, 3.8) is 0 Å². The molecule has 2 heterocycles. The van der Waals surface area contributed by atoms with Gasteiger partial charge >= 0.3 is 7.25 Å². The molecule has 0 saturated heterocycles. The molecule has 1 aliphatic rings. The molecule has 2 atom stereocenters. The first kappa shape index (κ1) is 44.6. The van der Waals surface area contributed by atoms with Crippen molar-refractivity contribution in [2.75, 3.05) is 26.6 Å². The molecular formula is C51H57BF4N2O2. The lowest BCUT2D eigenvalue weighted by Gasteiger charge is -2.23. The molecule has 6 rings (SSSR count). The van der Waals surface area contributed by atoms with Gasteiger partial charge in [0.15, 0.2) is 0 Å². The minimum Gasteiger partial charge on any atom is -0.388 e. The standard InChI is InChI=1S/C51H57BF4N2O2/c1-32-11-21-42(34(3)23-32)44-25-46(36-13-17-38(18-14-36)50(5,6)7)57-47(44)27-49-45(43-22-12-33(2)24-35(43)4)26-48(37-15-19-39(20-16-37)51(8,9)10)58(49)52(59-30-40(55)28-53)60-31-41(56)29-54/h11-27,40-41H,28-31H2,1-10H3/b47-27-. The Labute approximate surface area is 354 Å². The SMILES string of the molecule is Cc1ccc(C2=CC(c3ccc(C(C)(C)C)cc3)=N/C2=C\c2c(-c3ccc(C)cc3C)cc(-c3ccc(C(C)(C)C)cc3)n2B(OCC(F)CF)OCC(F)CF)c(C)c1. The highest BCUT2D eigenvalue weighted by Crippen LogP contribution is 2.41. The van der Waals surface area contributed by atoms with Crippen LogP contribution in [0.4, 0.5) is 17.6 Å². The minimum absolute atomic E-state index is 0.0266. The summed E-state index contributed by atoms with van der Waals surface area (Å²) in [5.74, 6) is 0. The van der Waals surface area contributed by atoms with Gasteiger partial charge < -0.3 is 13.8 Å². The molecule has 0 bridgehead atoms. The number of hydrogen-bond donors (Lipinski definition) is 0. The number of nitrogens with zero attached hydrogens (tertiary/aromatic N) is 2. The highest BCUT2D eigenvalue weighted by Gasteiger charge is 2.34. The van der Waals surface area contributed by atoms with E-state index in [-0.39, 0.29) is 10.8 Å². The lowest BCUT2D eigenvalue weighted by atomic mass is 9.86. The average Bonchev–Trinajstić information content (AvgIpc) is 3.79. The molecule has 2 unspecified atom stereocenters. The summed E-state index contributed by atoms with van der Waals surface area (Å²) in [6, 6.07) is 31.1. The number of allylic oxidation sites excluding steroid dienone is 2. The summed E-state index contributed by atoms with van der Waals surface area (Å²) in [6.45, 7) is 17.3. The Morgan fingerprint density at radius 3 is 1.58 bits per heavy atom. The molecule has 4 aromatic carbocycles. The van der Waals surface area contributed by atoms with Crippen molar-refractivity contribution >= 4 is 24.6 Å². The Morgan fingerprint density at radius 2 is 1.12 bits per heavy atom. The Bertz CT molecular complexity index is 2390. The molecule has 0 fully saturated rings. The maximum Gasteiger partial charge on any atom is 0.598 e. The quantitative estimate of drug-likeness (QED) is 0.0827. The van der Waals surface area contributed by atoms with Gasteiger partial charge in [0.1, 0.15) is 25.7 Å². The topological polar surface area (TPSA) is 35.8 Å². The Morgan fingerprint density at radius 1 is 0.633 bits per heavy atom. The number of aliphatic imine (C=N–C) groups is 1. The zero-order valence-electron chi connectivity index (χ0n) is 36.6. The molecule has 0 aliphatic carbocycles. The molecule has 0 N–H and O–H groups in total. The van der Waals surface area contributed by atoms with E-state index in [1.807, 2.05) is 44.2 Å². The number of halogens is 4. The van der Waals surface area contributed by atoms with Gasteiger partial charge in [-0.3, -0.25) is 0 Å². The van der Waals surface area contributed by atoms with Crippen LogP contribution in [-0.4, -0.2) is 56.3 Å². The van der Waals surface area contributed by atoms with E-state index in [0.717, 1.165) is 66.9 Å². The highest BCUT2D eigenvalue weighted by atomic mass is 19.2. The van der Waals surface area contributed by atoms with Crippen molar-refractivity contribution in [1.29, 1.82) is 0 Å². The molecule has 0 saturated carbocycles.